The monoisotopic (exact) mass is 641 g/mol. The van der Waals surface area contributed by atoms with Crippen LogP contribution in [0.1, 0.15) is 165 Å². The van der Waals surface area contributed by atoms with Crippen molar-refractivity contribution in [3.63, 3.8) is 0 Å². The molecule has 0 saturated heterocycles. The summed E-state index contributed by atoms with van der Waals surface area (Å²) >= 11 is 1.63. The minimum absolute atomic E-state index is 0.0626. The summed E-state index contributed by atoms with van der Waals surface area (Å²) in [5, 5.41) is 12.0. The fourth-order valence-electron chi connectivity index (χ4n) is 5.77. The second kappa shape index (κ2) is 25.7. The lowest BCUT2D eigenvalue weighted by Crippen LogP contribution is -2.47. The van der Waals surface area contributed by atoms with Crippen LogP contribution in [0.15, 0.2) is 29.6 Å². The number of hydrogen-bond donors (Lipinski definition) is 3. The second-order valence-electron chi connectivity index (χ2n) is 12.7. The number of thiophene rings is 1. The Labute approximate surface area is 278 Å². The lowest BCUT2D eigenvalue weighted by molar-refractivity contribution is -0.124. The molecule has 1 unspecified atom stereocenters. The molecule has 7 heteroatoms. The molecule has 0 aliphatic carbocycles. The van der Waals surface area contributed by atoms with Crippen molar-refractivity contribution in [3.8, 4) is 0 Å². The largest absolute Gasteiger partial charge is 0.356 e. The predicted octanol–water partition coefficient (Wildman–Crippen LogP) is 9.85. The van der Waals surface area contributed by atoms with Gasteiger partial charge in [0.25, 0.3) is 5.91 Å². The molecule has 1 heterocycles. The van der Waals surface area contributed by atoms with Crippen LogP contribution < -0.4 is 16.0 Å². The van der Waals surface area contributed by atoms with Gasteiger partial charge in [-0.3, -0.25) is 14.4 Å². The summed E-state index contributed by atoms with van der Waals surface area (Å²) in [5.74, 6) is -0.557. The first-order valence-corrected chi connectivity index (χ1v) is 19.3. The van der Waals surface area contributed by atoms with Gasteiger partial charge in [-0.2, -0.15) is 0 Å². The molecular formula is C38H63N3O3S. The van der Waals surface area contributed by atoms with Gasteiger partial charge >= 0.3 is 0 Å². The Bertz CT molecular complexity index is 1070. The van der Waals surface area contributed by atoms with E-state index in [9.17, 15) is 14.4 Å². The highest BCUT2D eigenvalue weighted by Crippen LogP contribution is 2.22. The van der Waals surface area contributed by atoms with Crippen LogP contribution in [0.4, 0.5) is 0 Å². The Morgan fingerprint density at radius 1 is 0.644 bits per heavy atom. The zero-order valence-corrected chi connectivity index (χ0v) is 29.4. The van der Waals surface area contributed by atoms with Gasteiger partial charge in [-0.1, -0.05) is 129 Å². The van der Waals surface area contributed by atoms with Gasteiger partial charge in [-0.05, 0) is 54.3 Å². The number of hydrogen-bond acceptors (Lipinski definition) is 4. The number of benzene rings is 1. The number of unbranched alkanes of at least 4 members (excludes halogenated alkanes) is 18. The van der Waals surface area contributed by atoms with E-state index in [2.05, 4.69) is 29.8 Å². The molecule has 1 aromatic heterocycles. The maximum absolute atomic E-state index is 13.2. The molecule has 0 aliphatic rings. The molecular weight excluding hydrogens is 579 g/mol. The summed E-state index contributed by atoms with van der Waals surface area (Å²) in [7, 11) is 0. The van der Waals surface area contributed by atoms with Crippen LogP contribution in [0.2, 0.25) is 0 Å². The molecule has 0 bridgehead atoms. The number of fused-ring (bicyclic) bond motifs is 1. The molecule has 3 N–H and O–H groups in total. The number of rotatable bonds is 28. The van der Waals surface area contributed by atoms with Crippen LogP contribution in [0.3, 0.4) is 0 Å². The van der Waals surface area contributed by atoms with Gasteiger partial charge in [0.2, 0.25) is 11.8 Å². The SMILES string of the molecule is CCCCCCCCCCCCNC(=O)CCC(NC(=O)c1ccc2sccc2c1)C(=O)NCCCCCCCCCCCC. The third kappa shape index (κ3) is 18.4. The van der Waals surface area contributed by atoms with E-state index in [4.69, 9.17) is 0 Å². The highest BCUT2D eigenvalue weighted by Gasteiger charge is 2.22. The van der Waals surface area contributed by atoms with E-state index in [1.165, 1.54) is 103 Å². The average Bonchev–Trinajstić information content (AvgIpc) is 3.52. The van der Waals surface area contributed by atoms with Crippen molar-refractivity contribution in [2.75, 3.05) is 13.1 Å². The molecule has 45 heavy (non-hydrogen) atoms. The molecule has 0 saturated carbocycles. The van der Waals surface area contributed by atoms with Crippen LogP contribution >= 0.6 is 11.3 Å². The highest BCUT2D eigenvalue weighted by molar-refractivity contribution is 7.17. The Balaban J connectivity index is 1.71. The van der Waals surface area contributed by atoms with Crippen molar-refractivity contribution in [2.24, 2.45) is 0 Å². The van der Waals surface area contributed by atoms with E-state index in [0.717, 1.165) is 35.8 Å². The first-order chi connectivity index (χ1) is 22.0. The first-order valence-electron chi connectivity index (χ1n) is 18.4. The highest BCUT2D eigenvalue weighted by atomic mass is 32.1. The minimum Gasteiger partial charge on any atom is -0.356 e. The van der Waals surface area contributed by atoms with Crippen molar-refractivity contribution < 1.29 is 14.4 Å². The summed E-state index contributed by atoms with van der Waals surface area (Å²) in [6.07, 6.45) is 25.5. The molecule has 0 aliphatic heterocycles. The Morgan fingerprint density at radius 3 is 1.71 bits per heavy atom. The number of carbonyl (C=O) groups is 3. The van der Waals surface area contributed by atoms with Gasteiger partial charge in [0.1, 0.15) is 6.04 Å². The van der Waals surface area contributed by atoms with Gasteiger partial charge in [-0.15, -0.1) is 11.3 Å². The van der Waals surface area contributed by atoms with E-state index >= 15 is 0 Å². The van der Waals surface area contributed by atoms with Gasteiger partial charge in [0.05, 0.1) is 0 Å². The first kappa shape index (κ1) is 38.8. The molecule has 6 nitrogen and oxygen atoms in total. The zero-order chi connectivity index (χ0) is 32.4. The normalized spacial score (nSPS) is 11.9. The van der Waals surface area contributed by atoms with E-state index in [0.29, 0.717) is 18.7 Å². The Hall–Kier alpha value is -2.41. The maximum Gasteiger partial charge on any atom is 0.251 e. The van der Waals surface area contributed by atoms with Gasteiger partial charge in [0.15, 0.2) is 0 Å². The molecule has 2 aromatic rings. The standard InChI is InChI=1S/C38H63N3O3S/c1-3-5-7-9-11-13-15-17-19-21-28-39-36(42)26-24-34(41-37(43)33-23-25-35-32(31-33)27-30-45-35)38(44)40-29-22-20-18-16-14-12-10-8-6-4-2/h23,25,27,30-31,34H,3-22,24,26,28-29H2,1-2H3,(H,39,42)(H,40,44)(H,41,43). The Morgan fingerprint density at radius 2 is 1.16 bits per heavy atom. The van der Waals surface area contributed by atoms with Crippen molar-refractivity contribution in [3.05, 3.63) is 35.2 Å². The molecule has 0 fully saturated rings. The third-order valence-corrected chi connectivity index (χ3v) is 9.58. The molecule has 254 valence electrons. The molecule has 0 radical (unpaired) electrons. The van der Waals surface area contributed by atoms with Crippen LogP contribution in [0.5, 0.6) is 0 Å². The predicted molar refractivity (Wildman–Crippen MR) is 192 cm³/mol. The molecule has 2 rings (SSSR count). The van der Waals surface area contributed by atoms with E-state index in [-0.39, 0.29) is 30.6 Å². The zero-order valence-electron chi connectivity index (χ0n) is 28.6. The Kier molecular flexibility index (Phi) is 22.2. The summed E-state index contributed by atoms with van der Waals surface area (Å²) in [4.78, 5) is 38.9. The maximum atomic E-state index is 13.2. The van der Waals surface area contributed by atoms with Crippen LogP contribution in [0, 0.1) is 0 Å². The number of amides is 3. The fraction of sp³-hybridized carbons (Fsp3) is 0.711. The van der Waals surface area contributed by atoms with Crippen molar-refractivity contribution in [2.45, 2.75) is 161 Å². The van der Waals surface area contributed by atoms with Crippen LogP contribution in [-0.2, 0) is 9.59 Å². The third-order valence-electron chi connectivity index (χ3n) is 8.68. The molecule has 0 spiro atoms. The quantitative estimate of drug-likeness (QED) is 0.0808. The lowest BCUT2D eigenvalue weighted by atomic mass is 10.1. The fourth-order valence-corrected chi connectivity index (χ4v) is 6.54. The topological polar surface area (TPSA) is 87.3 Å². The number of carbonyl (C=O) groups excluding carboxylic acids is 3. The number of nitrogens with one attached hydrogen (secondary N) is 3. The van der Waals surface area contributed by atoms with Crippen molar-refractivity contribution in [1.82, 2.24) is 16.0 Å². The van der Waals surface area contributed by atoms with Gasteiger partial charge in [-0.25, -0.2) is 0 Å². The van der Waals surface area contributed by atoms with Crippen molar-refractivity contribution >= 4 is 39.1 Å². The second-order valence-corrected chi connectivity index (χ2v) is 13.7. The minimum atomic E-state index is -0.748. The summed E-state index contributed by atoms with van der Waals surface area (Å²) in [6.45, 7) is 5.75. The van der Waals surface area contributed by atoms with Gasteiger partial charge in [0, 0.05) is 29.8 Å². The van der Waals surface area contributed by atoms with Gasteiger partial charge < -0.3 is 16.0 Å². The van der Waals surface area contributed by atoms with Crippen molar-refractivity contribution in [1.29, 1.82) is 0 Å². The summed E-state index contributed by atoms with van der Waals surface area (Å²) in [6, 6.07) is 6.84. The van der Waals surface area contributed by atoms with E-state index in [1.54, 1.807) is 17.4 Å². The average molecular weight is 642 g/mol. The van der Waals surface area contributed by atoms with E-state index < -0.39 is 6.04 Å². The summed E-state index contributed by atoms with van der Waals surface area (Å²) in [5.41, 5.74) is 0.527. The van der Waals surface area contributed by atoms with Crippen LogP contribution in [0.25, 0.3) is 10.1 Å². The molecule has 1 atom stereocenters. The van der Waals surface area contributed by atoms with Crippen LogP contribution in [-0.4, -0.2) is 36.9 Å². The van der Waals surface area contributed by atoms with E-state index in [1.807, 2.05) is 23.6 Å². The molecule has 3 amide bonds. The summed E-state index contributed by atoms with van der Waals surface area (Å²) < 4.78 is 1.12. The lowest BCUT2D eigenvalue weighted by Gasteiger charge is -2.19. The smallest absolute Gasteiger partial charge is 0.251 e. The molecule has 1 aromatic carbocycles.